The number of rotatable bonds is 3. The van der Waals surface area contributed by atoms with Crippen molar-refractivity contribution in [3.8, 4) is 0 Å². The highest BCUT2D eigenvalue weighted by Crippen LogP contribution is 2.31. The predicted octanol–water partition coefficient (Wildman–Crippen LogP) is 0.754. The van der Waals surface area contributed by atoms with E-state index in [0.717, 1.165) is 12.1 Å². The fraction of sp³-hybridized carbons (Fsp3) is 0.375. The van der Waals surface area contributed by atoms with Crippen LogP contribution in [0.1, 0.15) is 5.56 Å². The minimum Gasteiger partial charge on any atom is -0.509 e. The summed E-state index contributed by atoms with van der Waals surface area (Å²) in [6, 6.07) is 3.47. The smallest absolute Gasteiger partial charge is 0.274 e. The number of nitrogens with zero attached hydrogens (tertiary/aromatic N) is 2. The Morgan fingerprint density at radius 3 is 2.75 bits per heavy atom. The summed E-state index contributed by atoms with van der Waals surface area (Å²) in [5, 5.41) is 12.7. The van der Waals surface area contributed by atoms with Gasteiger partial charge in [-0.1, -0.05) is 6.07 Å². The van der Waals surface area contributed by atoms with Crippen molar-refractivity contribution in [1.29, 1.82) is 0 Å². The first-order valence-electron chi connectivity index (χ1n) is 7.55. The Kier molecular flexibility index (Phi) is 4.13. The van der Waals surface area contributed by atoms with Crippen molar-refractivity contribution in [3.63, 3.8) is 0 Å². The van der Waals surface area contributed by atoms with Gasteiger partial charge in [-0.25, -0.2) is 8.78 Å². The Hall–Kier alpha value is -2.64. The van der Waals surface area contributed by atoms with Crippen LogP contribution < -0.4 is 5.32 Å². The fourth-order valence-corrected chi connectivity index (χ4v) is 3.06. The summed E-state index contributed by atoms with van der Waals surface area (Å²) in [5.74, 6) is -3.70. The summed E-state index contributed by atoms with van der Waals surface area (Å²) < 4.78 is 26.3. The number of carbonyl (C=O) groups is 2. The zero-order chi connectivity index (χ0) is 17.4. The lowest BCUT2D eigenvalue weighted by molar-refractivity contribution is -0.132. The number of nitrogens with one attached hydrogen (secondary N) is 1. The molecule has 2 aliphatic heterocycles. The zero-order valence-electron chi connectivity index (χ0n) is 13.1. The highest BCUT2D eigenvalue weighted by atomic mass is 19.2. The molecule has 2 N–H and O–H groups in total. The highest BCUT2D eigenvalue weighted by Gasteiger charge is 2.42. The van der Waals surface area contributed by atoms with Gasteiger partial charge >= 0.3 is 0 Å². The van der Waals surface area contributed by atoms with Gasteiger partial charge in [0.25, 0.3) is 5.91 Å². The van der Waals surface area contributed by atoms with Crippen LogP contribution in [0.2, 0.25) is 0 Å². The molecule has 0 aliphatic carbocycles. The van der Waals surface area contributed by atoms with Crippen molar-refractivity contribution in [1.82, 2.24) is 15.1 Å². The Bertz CT molecular complexity index is 735. The van der Waals surface area contributed by atoms with E-state index in [9.17, 15) is 23.5 Å². The fourth-order valence-electron chi connectivity index (χ4n) is 3.06. The SMILES string of the molecule is CNC(=O)C1CN2CCN(Cc3ccc(F)c(F)c3)C(=O)C2=C1O. The van der Waals surface area contributed by atoms with Crippen LogP contribution in [0.25, 0.3) is 0 Å². The molecule has 0 radical (unpaired) electrons. The zero-order valence-corrected chi connectivity index (χ0v) is 13.1. The molecule has 0 spiro atoms. The molecule has 1 atom stereocenters. The maximum Gasteiger partial charge on any atom is 0.274 e. The number of carbonyl (C=O) groups excluding carboxylic acids is 2. The number of aliphatic hydroxyl groups is 1. The van der Waals surface area contributed by atoms with Crippen LogP contribution in [-0.2, 0) is 16.1 Å². The molecule has 8 heteroatoms. The second-order valence-corrected chi connectivity index (χ2v) is 5.82. The summed E-state index contributed by atoms with van der Waals surface area (Å²) in [7, 11) is 1.47. The van der Waals surface area contributed by atoms with Gasteiger partial charge in [-0.3, -0.25) is 9.59 Å². The van der Waals surface area contributed by atoms with Crippen molar-refractivity contribution in [3.05, 3.63) is 46.9 Å². The first-order chi connectivity index (χ1) is 11.4. The Balaban J connectivity index is 1.81. The van der Waals surface area contributed by atoms with Gasteiger partial charge in [-0.05, 0) is 17.7 Å². The largest absolute Gasteiger partial charge is 0.509 e. The number of benzene rings is 1. The molecule has 128 valence electrons. The van der Waals surface area contributed by atoms with E-state index in [1.807, 2.05) is 0 Å². The van der Waals surface area contributed by atoms with Gasteiger partial charge in [0.2, 0.25) is 5.91 Å². The molecule has 0 aromatic heterocycles. The molecule has 24 heavy (non-hydrogen) atoms. The molecule has 0 bridgehead atoms. The van der Waals surface area contributed by atoms with E-state index in [-0.39, 0.29) is 30.5 Å². The number of hydrogen-bond donors (Lipinski definition) is 2. The summed E-state index contributed by atoms with van der Waals surface area (Å²) in [4.78, 5) is 27.5. The van der Waals surface area contributed by atoms with Gasteiger partial charge in [-0.2, -0.15) is 0 Å². The van der Waals surface area contributed by atoms with Gasteiger partial charge in [0.05, 0.1) is 0 Å². The third-order valence-electron chi connectivity index (χ3n) is 4.34. The lowest BCUT2D eigenvalue weighted by Crippen LogP contribution is -2.47. The van der Waals surface area contributed by atoms with Gasteiger partial charge < -0.3 is 20.2 Å². The van der Waals surface area contributed by atoms with Crippen molar-refractivity contribution >= 4 is 11.8 Å². The molecule has 2 aliphatic rings. The van der Waals surface area contributed by atoms with E-state index in [1.165, 1.54) is 18.0 Å². The maximum absolute atomic E-state index is 13.3. The molecule has 1 aromatic rings. The van der Waals surface area contributed by atoms with Crippen molar-refractivity contribution < 1.29 is 23.5 Å². The summed E-state index contributed by atoms with van der Waals surface area (Å²) >= 11 is 0. The topological polar surface area (TPSA) is 72.9 Å². The van der Waals surface area contributed by atoms with Crippen molar-refractivity contribution in [2.75, 3.05) is 26.7 Å². The van der Waals surface area contributed by atoms with Crippen LogP contribution in [-0.4, -0.2) is 53.4 Å². The number of piperazine rings is 1. The van der Waals surface area contributed by atoms with Crippen molar-refractivity contribution in [2.45, 2.75) is 6.54 Å². The Labute approximate surface area is 137 Å². The molecule has 2 amide bonds. The van der Waals surface area contributed by atoms with Crippen LogP contribution in [0, 0.1) is 17.6 Å². The number of amides is 2. The molecule has 1 unspecified atom stereocenters. The van der Waals surface area contributed by atoms with E-state index in [0.29, 0.717) is 18.7 Å². The van der Waals surface area contributed by atoms with Crippen molar-refractivity contribution in [2.24, 2.45) is 5.92 Å². The average molecular weight is 337 g/mol. The van der Waals surface area contributed by atoms with E-state index in [4.69, 9.17) is 0 Å². The van der Waals surface area contributed by atoms with E-state index in [2.05, 4.69) is 5.32 Å². The molecule has 6 nitrogen and oxygen atoms in total. The first kappa shape index (κ1) is 16.2. The van der Waals surface area contributed by atoms with Crippen LogP contribution >= 0.6 is 0 Å². The molecule has 1 saturated heterocycles. The van der Waals surface area contributed by atoms with Gasteiger partial charge in [0.1, 0.15) is 17.4 Å². The van der Waals surface area contributed by atoms with E-state index in [1.54, 1.807) is 4.90 Å². The van der Waals surface area contributed by atoms with Crippen LogP contribution in [0.5, 0.6) is 0 Å². The average Bonchev–Trinajstić information content (AvgIpc) is 2.90. The minimum atomic E-state index is -0.971. The normalized spacial score (nSPS) is 20.5. The van der Waals surface area contributed by atoms with Crippen LogP contribution in [0.3, 0.4) is 0 Å². The molecule has 1 aromatic carbocycles. The predicted molar refractivity (Wildman–Crippen MR) is 80.6 cm³/mol. The Morgan fingerprint density at radius 2 is 2.08 bits per heavy atom. The second-order valence-electron chi connectivity index (χ2n) is 5.82. The second kappa shape index (κ2) is 6.10. The first-order valence-corrected chi connectivity index (χ1v) is 7.55. The standard InChI is InChI=1S/C16H17F2N3O3/c1-19-15(23)10-8-20-4-5-21(16(24)13(20)14(10)22)7-9-2-3-11(17)12(18)6-9/h2-3,6,10,22H,4-5,7-8H2,1H3,(H,19,23). The van der Waals surface area contributed by atoms with Gasteiger partial charge in [-0.15, -0.1) is 0 Å². The number of aliphatic hydroxyl groups excluding tert-OH is 1. The number of halogens is 2. The van der Waals surface area contributed by atoms with Crippen LogP contribution in [0.4, 0.5) is 8.78 Å². The highest BCUT2D eigenvalue weighted by molar-refractivity contribution is 5.96. The lowest BCUT2D eigenvalue weighted by Gasteiger charge is -2.34. The van der Waals surface area contributed by atoms with E-state index >= 15 is 0 Å². The van der Waals surface area contributed by atoms with Gasteiger partial charge in [0, 0.05) is 33.2 Å². The number of fused-ring (bicyclic) bond motifs is 1. The van der Waals surface area contributed by atoms with E-state index < -0.39 is 23.5 Å². The summed E-state index contributed by atoms with van der Waals surface area (Å²) in [5.41, 5.74) is 0.564. The lowest BCUT2D eigenvalue weighted by atomic mass is 10.1. The molecular weight excluding hydrogens is 320 g/mol. The number of hydrogen-bond acceptors (Lipinski definition) is 4. The molecular formula is C16H17F2N3O3. The third-order valence-corrected chi connectivity index (χ3v) is 4.34. The minimum absolute atomic E-state index is 0.102. The molecule has 1 fully saturated rings. The Morgan fingerprint density at radius 1 is 1.33 bits per heavy atom. The molecule has 3 rings (SSSR count). The molecule has 2 heterocycles. The van der Waals surface area contributed by atoms with Gasteiger partial charge in [0.15, 0.2) is 11.6 Å². The molecule has 0 saturated carbocycles. The summed E-state index contributed by atoms with van der Waals surface area (Å²) in [6.07, 6.45) is 0. The quantitative estimate of drug-likeness (QED) is 0.854. The third kappa shape index (κ3) is 2.68. The summed E-state index contributed by atoms with van der Waals surface area (Å²) in [6.45, 7) is 1.19. The maximum atomic E-state index is 13.3. The monoisotopic (exact) mass is 337 g/mol. The van der Waals surface area contributed by atoms with Crippen LogP contribution in [0.15, 0.2) is 29.7 Å².